The summed E-state index contributed by atoms with van der Waals surface area (Å²) in [5.74, 6) is 0. The molecule has 0 aliphatic carbocycles. The van der Waals surface area contributed by atoms with E-state index in [0.29, 0.717) is 5.56 Å². The molecule has 1 fully saturated rings. The van der Waals surface area contributed by atoms with Crippen LogP contribution < -0.4 is 5.32 Å². The summed E-state index contributed by atoms with van der Waals surface area (Å²) in [6.45, 7) is 2.13. The minimum Gasteiger partial charge on any atom is -0.350 e. The van der Waals surface area contributed by atoms with Crippen molar-refractivity contribution >= 4 is 0 Å². The fraction of sp³-hybridized carbons (Fsp3) is 0.235. The zero-order chi connectivity index (χ0) is 13.9. The minimum atomic E-state index is -0.122. The maximum Gasteiger partial charge on any atom is 0.135 e. The summed E-state index contributed by atoms with van der Waals surface area (Å²) < 4.78 is 6.13. The molecule has 100 valence electrons. The Bertz CT molecular complexity index is 616. The van der Waals surface area contributed by atoms with E-state index in [1.807, 2.05) is 42.5 Å². The van der Waals surface area contributed by atoms with Gasteiger partial charge < -0.3 is 4.74 Å². The number of nitrogens with zero attached hydrogens (tertiary/aromatic N) is 1. The zero-order valence-corrected chi connectivity index (χ0v) is 11.3. The van der Waals surface area contributed by atoms with E-state index in [1.165, 1.54) is 5.56 Å². The van der Waals surface area contributed by atoms with Gasteiger partial charge in [-0.15, -0.1) is 0 Å². The first kappa shape index (κ1) is 12.9. The quantitative estimate of drug-likeness (QED) is 0.905. The third-order valence-corrected chi connectivity index (χ3v) is 3.62. The van der Waals surface area contributed by atoms with Crippen molar-refractivity contribution in [1.82, 2.24) is 5.32 Å². The van der Waals surface area contributed by atoms with Crippen LogP contribution >= 0.6 is 0 Å². The van der Waals surface area contributed by atoms with E-state index in [9.17, 15) is 0 Å². The number of rotatable bonds is 2. The van der Waals surface area contributed by atoms with Gasteiger partial charge in [0.25, 0.3) is 0 Å². The van der Waals surface area contributed by atoms with Crippen molar-refractivity contribution in [2.75, 3.05) is 0 Å². The second-order valence-electron chi connectivity index (χ2n) is 5.04. The maximum absolute atomic E-state index is 8.83. The summed E-state index contributed by atoms with van der Waals surface area (Å²) in [6, 6.07) is 20.1. The first-order chi connectivity index (χ1) is 9.78. The smallest absolute Gasteiger partial charge is 0.135 e. The van der Waals surface area contributed by atoms with E-state index in [4.69, 9.17) is 10.00 Å². The molecule has 3 heteroatoms. The highest BCUT2D eigenvalue weighted by Gasteiger charge is 2.33. The fourth-order valence-electron chi connectivity index (χ4n) is 2.55. The predicted octanol–water partition coefficient (Wildman–Crippen LogP) is 3.31. The van der Waals surface area contributed by atoms with Gasteiger partial charge in [-0.05, 0) is 30.2 Å². The lowest BCUT2D eigenvalue weighted by atomic mass is 10.0. The summed E-state index contributed by atoms with van der Waals surface area (Å²) in [7, 11) is 0. The summed E-state index contributed by atoms with van der Waals surface area (Å²) in [5.41, 5.74) is 2.90. The largest absolute Gasteiger partial charge is 0.350 e. The van der Waals surface area contributed by atoms with E-state index in [1.54, 1.807) is 0 Å². The molecule has 1 heterocycles. The summed E-state index contributed by atoms with van der Waals surface area (Å²) >= 11 is 0. The van der Waals surface area contributed by atoms with Crippen molar-refractivity contribution in [3.63, 3.8) is 0 Å². The van der Waals surface area contributed by atoms with Crippen molar-refractivity contribution < 1.29 is 4.74 Å². The SMILES string of the molecule is C[C@@H]1N[C@H](c2ccc(C#N)cc2)O[C@@H]1c1ccccc1. The highest BCUT2D eigenvalue weighted by molar-refractivity contribution is 5.33. The maximum atomic E-state index is 8.83. The molecule has 0 aromatic heterocycles. The number of nitriles is 1. The van der Waals surface area contributed by atoms with Gasteiger partial charge in [0.2, 0.25) is 0 Å². The van der Waals surface area contributed by atoms with E-state index in [2.05, 4.69) is 30.4 Å². The molecule has 3 nitrogen and oxygen atoms in total. The van der Waals surface area contributed by atoms with Gasteiger partial charge in [-0.25, -0.2) is 0 Å². The normalized spacial score (nSPS) is 25.3. The average Bonchev–Trinajstić information content (AvgIpc) is 2.90. The molecule has 0 radical (unpaired) electrons. The molecule has 0 unspecified atom stereocenters. The Morgan fingerprint density at radius 1 is 1.00 bits per heavy atom. The van der Waals surface area contributed by atoms with Gasteiger partial charge in [-0.2, -0.15) is 5.26 Å². The molecule has 0 bridgehead atoms. The van der Waals surface area contributed by atoms with Crippen molar-refractivity contribution in [3.05, 3.63) is 71.3 Å². The molecule has 1 saturated heterocycles. The van der Waals surface area contributed by atoms with E-state index in [0.717, 1.165) is 5.56 Å². The molecule has 2 aromatic rings. The number of hydrogen-bond donors (Lipinski definition) is 1. The van der Waals surface area contributed by atoms with Crippen molar-refractivity contribution in [2.45, 2.75) is 25.3 Å². The Kier molecular flexibility index (Phi) is 3.51. The molecular formula is C17H16N2O. The molecule has 0 amide bonds. The van der Waals surface area contributed by atoms with Crippen LogP contribution in [-0.2, 0) is 4.74 Å². The van der Waals surface area contributed by atoms with E-state index in [-0.39, 0.29) is 18.4 Å². The van der Waals surface area contributed by atoms with Crippen LogP contribution in [0.5, 0.6) is 0 Å². The Morgan fingerprint density at radius 2 is 1.70 bits per heavy atom. The second kappa shape index (κ2) is 5.46. The van der Waals surface area contributed by atoms with Crippen molar-refractivity contribution in [2.24, 2.45) is 0 Å². The highest BCUT2D eigenvalue weighted by atomic mass is 16.5. The van der Waals surface area contributed by atoms with Gasteiger partial charge in [0.1, 0.15) is 12.3 Å². The van der Waals surface area contributed by atoms with Crippen LogP contribution in [0.25, 0.3) is 0 Å². The summed E-state index contributed by atoms with van der Waals surface area (Å²) in [6.07, 6.45) is -0.0696. The van der Waals surface area contributed by atoms with Crippen LogP contribution in [0.4, 0.5) is 0 Å². The van der Waals surface area contributed by atoms with Crippen LogP contribution in [0.1, 0.15) is 35.9 Å². The monoisotopic (exact) mass is 264 g/mol. The molecule has 1 N–H and O–H groups in total. The number of nitrogens with one attached hydrogen (secondary N) is 1. The Labute approximate surface area is 118 Å². The highest BCUT2D eigenvalue weighted by Crippen LogP contribution is 2.34. The fourth-order valence-corrected chi connectivity index (χ4v) is 2.55. The zero-order valence-electron chi connectivity index (χ0n) is 11.3. The molecule has 0 saturated carbocycles. The summed E-state index contributed by atoms with van der Waals surface area (Å²) in [5, 5.41) is 12.3. The molecule has 3 atom stereocenters. The van der Waals surface area contributed by atoms with E-state index >= 15 is 0 Å². The van der Waals surface area contributed by atoms with Gasteiger partial charge >= 0.3 is 0 Å². The first-order valence-electron chi connectivity index (χ1n) is 6.74. The van der Waals surface area contributed by atoms with Crippen molar-refractivity contribution in [1.29, 1.82) is 5.26 Å². The van der Waals surface area contributed by atoms with Gasteiger partial charge in [-0.3, -0.25) is 5.32 Å². The minimum absolute atomic E-state index is 0.0526. The second-order valence-corrected chi connectivity index (χ2v) is 5.04. The Balaban J connectivity index is 1.79. The van der Waals surface area contributed by atoms with Crippen LogP contribution in [0.15, 0.2) is 54.6 Å². The Morgan fingerprint density at radius 3 is 2.35 bits per heavy atom. The summed E-state index contributed by atoms with van der Waals surface area (Å²) in [4.78, 5) is 0. The van der Waals surface area contributed by atoms with Crippen LogP contribution in [0.2, 0.25) is 0 Å². The van der Waals surface area contributed by atoms with Crippen molar-refractivity contribution in [3.8, 4) is 6.07 Å². The van der Waals surface area contributed by atoms with Gasteiger partial charge in [0.15, 0.2) is 0 Å². The standard InChI is InChI=1S/C17H16N2O/c1-12-16(14-5-3-2-4-6-14)20-17(19-12)15-9-7-13(11-18)8-10-15/h2-10,12,16-17,19H,1H3/t12-,16-,17-/m0/s1. The molecule has 2 aromatic carbocycles. The lowest BCUT2D eigenvalue weighted by Crippen LogP contribution is -2.23. The topological polar surface area (TPSA) is 45.0 Å². The molecule has 1 aliphatic rings. The lowest BCUT2D eigenvalue weighted by molar-refractivity contribution is 0.0363. The van der Waals surface area contributed by atoms with Crippen LogP contribution in [0, 0.1) is 11.3 Å². The number of ether oxygens (including phenoxy) is 1. The molecule has 0 spiro atoms. The first-order valence-corrected chi connectivity index (χ1v) is 6.74. The third-order valence-electron chi connectivity index (χ3n) is 3.62. The predicted molar refractivity (Wildman–Crippen MR) is 76.8 cm³/mol. The lowest BCUT2D eigenvalue weighted by Gasteiger charge is -2.14. The molecule has 1 aliphatic heterocycles. The molecule has 3 rings (SSSR count). The Hall–Kier alpha value is -2.15. The van der Waals surface area contributed by atoms with Gasteiger partial charge in [0, 0.05) is 6.04 Å². The van der Waals surface area contributed by atoms with Gasteiger partial charge in [0.05, 0.1) is 11.6 Å². The van der Waals surface area contributed by atoms with E-state index < -0.39 is 0 Å². The molecule has 20 heavy (non-hydrogen) atoms. The van der Waals surface area contributed by atoms with Crippen LogP contribution in [0.3, 0.4) is 0 Å². The average molecular weight is 264 g/mol. The number of hydrogen-bond acceptors (Lipinski definition) is 3. The van der Waals surface area contributed by atoms with Gasteiger partial charge in [-0.1, -0.05) is 42.5 Å². The number of benzene rings is 2. The van der Waals surface area contributed by atoms with Crippen LogP contribution in [-0.4, -0.2) is 6.04 Å². The third kappa shape index (κ3) is 2.44. The molecular weight excluding hydrogens is 248 g/mol.